The molecule has 3 rings (SSSR count). The molecular weight excluding hydrogens is 241 g/mol. The molecule has 3 aromatic rings. The number of hydrogen-bond donors (Lipinski definition) is 1. The fourth-order valence-electron chi connectivity index (χ4n) is 2.24. The van der Waals surface area contributed by atoms with Crippen molar-refractivity contribution in [1.82, 2.24) is 4.57 Å². The van der Waals surface area contributed by atoms with Gasteiger partial charge in [-0.2, -0.15) is 0 Å². The Morgan fingerprint density at radius 1 is 0.947 bits per heavy atom. The summed E-state index contributed by atoms with van der Waals surface area (Å²) in [6.07, 6.45) is 1.96. The maximum Gasteiger partial charge on any atom is 0.125 e. The number of benzene rings is 2. The maximum atomic E-state index is 13.3. The highest BCUT2D eigenvalue weighted by Gasteiger charge is 2.03. The van der Waals surface area contributed by atoms with Crippen LogP contribution in [0.1, 0.15) is 11.1 Å². The summed E-state index contributed by atoms with van der Waals surface area (Å²) in [6, 6.07) is 14.6. The van der Waals surface area contributed by atoms with Gasteiger partial charge in [-0.1, -0.05) is 24.3 Å². The Morgan fingerprint density at radius 3 is 2.42 bits per heavy atom. The Bertz CT molecular complexity index is 700. The van der Waals surface area contributed by atoms with E-state index in [1.165, 1.54) is 6.07 Å². The molecule has 0 fully saturated rings. The first kappa shape index (κ1) is 11.9. The molecule has 0 amide bonds. The number of aliphatic hydroxyl groups is 1. The van der Waals surface area contributed by atoms with Crippen molar-refractivity contribution in [3.05, 3.63) is 71.7 Å². The second kappa shape index (κ2) is 4.86. The third-order valence-electron chi connectivity index (χ3n) is 3.29. The average Bonchev–Trinajstić information content (AvgIpc) is 2.82. The molecule has 0 spiro atoms. The van der Waals surface area contributed by atoms with Gasteiger partial charge >= 0.3 is 0 Å². The summed E-state index contributed by atoms with van der Waals surface area (Å²) in [7, 11) is 0. The Balaban J connectivity index is 1.93. The molecule has 19 heavy (non-hydrogen) atoms. The fraction of sp³-hybridized carbons (Fsp3) is 0.125. The number of hydrogen-bond acceptors (Lipinski definition) is 1. The first-order valence-corrected chi connectivity index (χ1v) is 6.19. The average molecular weight is 255 g/mol. The zero-order valence-electron chi connectivity index (χ0n) is 10.4. The van der Waals surface area contributed by atoms with Gasteiger partial charge in [0.2, 0.25) is 0 Å². The molecule has 1 N–H and O–H groups in total. The van der Waals surface area contributed by atoms with Crippen molar-refractivity contribution in [2.75, 3.05) is 0 Å². The number of aliphatic hydroxyl groups excluding tert-OH is 1. The molecule has 0 atom stereocenters. The van der Waals surface area contributed by atoms with E-state index in [1.54, 1.807) is 12.1 Å². The molecule has 0 aliphatic carbocycles. The van der Waals surface area contributed by atoms with Crippen molar-refractivity contribution in [2.24, 2.45) is 0 Å². The minimum absolute atomic E-state index is 0.0535. The molecule has 1 aromatic heterocycles. The van der Waals surface area contributed by atoms with Gasteiger partial charge in [-0.3, -0.25) is 0 Å². The highest BCUT2D eigenvalue weighted by Crippen LogP contribution is 2.18. The SMILES string of the molecule is OCc1ccc(Cn2ccc3ccc(F)cc32)cc1. The number of halogens is 1. The van der Waals surface area contributed by atoms with Gasteiger partial charge in [0.05, 0.1) is 12.1 Å². The summed E-state index contributed by atoms with van der Waals surface area (Å²) in [6.45, 7) is 0.747. The van der Waals surface area contributed by atoms with Gasteiger partial charge in [-0.25, -0.2) is 4.39 Å². The van der Waals surface area contributed by atoms with Crippen molar-refractivity contribution in [3.8, 4) is 0 Å². The van der Waals surface area contributed by atoms with Gasteiger partial charge in [0.25, 0.3) is 0 Å². The second-order valence-electron chi connectivity index (χ2n) is 4.62. The van der Waals surface area contributed by atoms with Crippen molar-refractivity contribution < 1.29 is 9.50 Å². The Labute approximate surface area is 110 Å². The van der Waals surface area contributed by atoms with Crippen molar-refractivity contribution >= 4 is 10.9 Å². The molecule has 0 unspecified atom stereocenters. The number of aromatic nitrogens is 1. The zero-order valence-corrected chi connectivity index (χ0v) is 10.4. The van der Waals surface area contributed by atoms with Crippen LogP contribution in [0, 0.1) is 5.82 Å². The highest BCUT2D eigenvalue weighted by molar-refractivity contribution is 5.80. The lowest BCUT2D eigenvalue weighted by molar-refractivity contribution is 0.282. The molecule has 0 radical (unpaired) electrons. The maximum absolute atomic E-state index is 13.3. The van der Waals surface area contributed by atoms with Crippen LogP contribution in [-0.2, 0) is 13.2 Å². The highest BCUT2D eigenvalue weighted by atomic mass is 19.1. The molecule has 0 bridgehead atoms. The Kier molecular flexibility index (Phi) is 3.05. The quantitative estimate of drug-likeness (QED) is 0.763. The van der Waals surface area contributed by atoms with Crippen molar-refractivity contribution in [2.45, 2.75) is 13.2 Å². The van der Waals surface area contributed by atoms with E-state index in [9.17, 15) is 4.39 Å². The molecule has 2 aromatic carbocycles. The molecule has 3 heteroatoms. The van der Waals surface area contributed by atoms with E-state index in [2.05, 4.69) is 0 Å². The Hall–Kier alpha value is -2.13. The molecule has 0 saturated carbocycles. The minimum atomic E-state index is -0.219. The zero-order chi connectivity index (χ0) is 13.2. The van der Waals surface area contributed by atoms with Crippen LogP contribution in [0.15, 0.2) is 54.7 Å². The topological polar surface area (TPSA) is 25.2 Å². The summed E-state index contributed by atoms with van der Waals surface area (Å²) in [5, 5.41) is 10.0. The van der Waals surface area contributed by atoms with Crippen LogP contribution in [0.5, 0.6) is 0 Å². The molecule has 2 nitrogen and oxygen atoms in total. The van der Waals surface area contributed by atoms with Crippen molar-refractivity contribution in [1.29, 1.82) is 0 Å². The number of nitrogens with zero attached hydrogens (tertiary/aromatic N) is 1. The van der Waals surface area contributed by atoms with E-state index in [-0.39, 0.29) is 12.4 Å². The largest absolute Gasteiger partial charge is 0.392 e. The van der Waals surface area contributed by atoms with Crippen molar-refractivity contribution in [3.63, 3.8) is 0 Å². The predicted octanol–water partition coefficient (Wildman–Crippen LogP) is 3.32. The van der Waals surface area contributed by atoms with E-state index in [4.69, 9.17) is 5.11 Å². The first-order chi connectivity index (χ1) is 9.26. The third kappa shape index (κ3) is 2.37. The van der Waals surface area contributed by atoms with Crippen LogP contribution in [0.25, 0.3) is 10.9 Å². The van der Waals surface area contributed by atoms with Gasteiger partial charge in [0, 0.05) is 12.7 Å². The smallest absolute Gasteiger partial charge is 0.125 e. The summed E-state index contributed by atoms with van der Waals surface area (Å²) >= 11 is 0. The predicted molar refractivity (Wildman–Crippen MR) is 73.4 cm³/mol. The van der Waals surface area contributed by atoms with E-state index >= 15 is 0 Å². The molecule has 0 aliphatic rings. The monoisotopic (exact) mass is 255 g/mol. The van der Waals surface area contributed by atoms with Crippen LogP contribution in [0.4, 0.5) is 4.39 Å². The summed E-state index contributed by atoms with van der Waals surface area (Å²) in [5.41, 5.74) is 2.91. The van der Waals surface area contributed by atoms with E-state index < -0.39 is 0 Å². The van der Waals surface area contributed by atoms with Crippen LogP contribution >= 0.6 is 0 Å². The lowest BCUT2D eigenvalue weighted by Gasteiger charge is -2.06. The van der Waals surface area contributed by atoms with Crippen LogP contribution < -0.4 is 0 Å². The van der Waals surface area contributed by atoms with Gasteiger partial charge < -0.3 is 9.67 Å². The van der Waals surface area contributed by atoms with Crippen LogP contribution in [-0.4, -0.2) is 9.67 Å². The molecule has 1 heterocycles. The lowest BCUT2D eigenvalue weighted by Crippen LogP contribution is -1.98. The standard InChI is InChI=1S/C16H14FNO/c17-15-6-5-14-7-8-18(16(14)9-15)10-12-1-3-13(11-19)4-2-12/h1-9,19H,10-11H2. The van der Waals surface area contributed by atoms with Gasteiger partial charge in [0.15, 0.2) is 0 Å². The normalized spacial score (nSPS) is 11.1. The Morgan fingerprint density at radius 2 is 1.68 bits per heavy atom. The summed E-state index contributed by atoms with van der Waals surface area (Å²) in [5.74, 6) is -0.219. The van der Waals surface area contributed by atoms with Gasteiger partial charge in [-0.15, -0.1) is 0 Å². The molecule has 96 valence electrons. The summed E-state index contributed by atoms with van der Waals surface area (Å²) < 4.78 is 15.3. The van der Waals surface area contributed by atoms with Crippen LogP contribution in [0.2, 0.25) is 0 Å². The lowest BCUT2D eigenvalue weighted by atomic mass is 10.1. The second-order valence-corrected chi connectivity index (χ2v) is 4.62. The fourth-order valence-corrected chi connectivity index (χ4v) is 2.24. The molecule has 0 saturated heterocycles. The van der Waals surface area contributed by atoms with Gasteiger partial charge in [0.1, 0.15) is 5.82 Å². The van der Waals surface area contributed by atoms with Crippen LogP contribution in [0.3, 0.4) is 0 Å². The number of fused-ring (bicyclic) bond motifs is 1. The molecular formula is C16H14FNO. The minimum Gasteiger partial charge on any atom is -0.392 e. The van der Waals surface area contributed by atoms with E-state index in [0.717, 1.165) is 22.0 Å². The van der Waals surface area contributed by atoms with Gasteiger partial charge in [-0.05, 0) is 40.8 Å². The third-order valence-corrected chi connectivity index (χ3v) is 3.29. The summed E-state index contributed by atoms with van der Waals surface area (Å²) in [4.78, 5) is 0. The molecule has 0 aliphatic heterocycles. The first-order valence-electron chi connectivity index (χ1n) is 6.19. The van der Waals surface area contributed by atoms with E-state index in [0.29, 0.717) is 6.54 Å². The van der Waals surface area contributed by atoms with E-state index in [1.807, 2.05) is 41.1 Å². The number of rotatable bonds is 3.